The van der Waals surface area contributed by atoms with Crippen LogP contribution in [0.15, 0.2) is 18.2 Å². The van der Waals surface area contributed by atoms with E-state index in [0.29, 0.717) is 17.4 Å². The number of carbonyl (C=O) groups is 1. The van der Waals surface area contributed by atoms with Crippen molar-refractivity contribution in [1.29, 1.82) is 0 Å². The number of benzene rings is 1. The molecule has 104 valence electrons. The molecule has 0 amide bonds. The summed E-state index contributed by atoms with van der Waals surface area (Å²) in [6.45, 7) is 2.15. The first-order chi connectivity index (χ1) is 9.13. The smallest absolute Gasteiger partial charge is 0.339 e. The van der Waals surface area contributed by atoms with Crippen LogP contribution in [0, 0.1) is 5.92 Å². The molecule has 19 heavy (non-hydrogen) atoms. The topological polar surface area (TPSA) is 72.5 Å². The van der Waals surface area contributed by atoms with E-state index in [9.17, 15) is 9.90 Å². The van der Waals surface area contributed by atoms with Gasteiger partial charge in [-0.05, 0) is 43.7 Å². The van der Waals surface area contributed by atoms with Crippen molar-refractivity contribution in [3.63, 3.8) is 0 Å². The van der Waals surface area contributed by atoms with Crippen LogP contribution in [-0.4, -0.2) is 17.2 Å². The minimum atomic E-state index is -0.994. The zero-order chi connectivity index (χ0) is 13.8. The summed E-state index contributed by atoms with van der Waals surface area (Å²) in [6, 6.07) is 4.87. The van der Waals surface area contributed by atoms with Crippen molar-refractivity contribution in [2.75, 3.05) is 5.73 Å². The van der Waals surface area contributed by atoms with Gasteiger partial charge in [0.05, 0.1) is 5.69 Å². The SMILES string of the molecule is CCC1CCCCC1Oc1c(N)cccc1C(=O)O. The summed E-state index contributed by atoms with van der Waals surface area (Å²) in [5, 5.41) is 9.21. The Morgan fingerprint density at radius 3 is 2.84 bits per heavy atom. The number of nitrogens with two attached hydrogens (primary N) is 1. The molecule has 4 heteroatoms. The normalized spacial score (nSPS) is 23.0. The maximum atomic E-state index is 11.2. The lowest BCUT2D eigenvalue weighted by molar-refractivity contribution is 0.0665. The summed E-state index contributed by atoms with van der Waals surface area (Å²) in [6.07, 6.45) is 5.63. The van der Waals surface area contributed by atoms with Crippen LogP contribution in [0.2, 0.25) is 0 Å². The van der Waals surface area contributed by atoms with Gasteiger partial charge in [-0.15, -0.1) is 0 Å². The zero-order valence-electron chi connectivity index (χ0n) is 11.3. The quantitative estimate of drug-likeness (QED) is 0.817. The monoisotopic (exact) mass is 263 g/mol. The van der Waals surface area contributed by atoms with E-state index in [-0.39, 0.29) is 11.7 Å². The molecule has 0 aromatic heterocycles. The molecule has 1 aliphatic rings. The van der Waals surface area contributed by atoms with E-state index in [4.69, 9.17) is 10.5 Å². The fourth-order valence-electron chi connectivity index (χ4n) is 2.80. The largest absolute Gasteiger partial charge is 0.487 e. The van der Waals surface area contributed by atoms with Gasteiger partial charge < -0.3 is 15.6 Å². The summed E-state index contributed by atoms with van der Waals surface area (Å²) in [7, 11) is 0. The van der Waals surface area contributed by atoms with Gasteiger partial charge in [0, 0.05) is 0 Å². The number of para-hydroxylation sites is 1. The lowest BCUT2D eigenvalue weighted by Crippen LogP contribution is -2.30. The molecule has 2 atom stereocenters. The molecule has 1 saturated carbocycles. The van der Waals surface area contributed by atoms with E-state index in [2.05, 4.69) is 6.92 Å². The van der Waals surface area contributed by atoms with Crippen LogP contribution in [0.3, 0.4) is 0 Å². The summed E-state index contributed by atoms with van der Waals surface area (Å²) >= 11 is 0. The highest BCUT2D eigenvalue weighted by atomic mass is 16.5. The number of anilines is 1. The van der Waals surface area contributed by atoms with Crippen LogP contribution in [0.1, 0.15) is 49.4 Å². The number of aromatic carboxylic acids is 1. The number of hydrogen-bond donors (Lipinski definition) is 2. The molecular formula is C15H21NO3. The third kappa shape index (κ3) is 3.00. The van der Waals surface area contributed by atoms with Gasteiger partial charge in [-0.25, -0.2) is 4.79 Å². The van der Waals surface area contributed by atoms with Crippen molar-refractivity contribution in [1.82, 2.24) is 0 Å². The van der Waals surface area contributed by atoms with Crippen molar-refractivity contribution >= 4 is 11.7 Å². The summed E-state index contributed by atoms with van der Waals surface area (Å²) < 4.78 is 5.98. The third-order valence-corrected chi connectivity index (χ3v) is 3.91. The van der Waals surface area contributed by atoms with Gasteiger partial charge in [-0.2, -0.15) is 0 Å². The van der Waals surface area contributed by atoms with Crippen LogP contribution < -0.4 is 10.5 Å². The highest BCUT2D eigenvalue weighted by Gasteiger charge is 2.27. The van der Waals surface area contributed by atoms with E-state index >= 15 is 0 Å². The standard InChI is InChI=1S/C15H21NO3/c1-2-10-6-3-4-9-13(10)19-14-11(15(17)18)7-5-8-12(14)16/h5,7-8,10,13H,2-4,6,9,16H2,1H3,(H,17,18). The summed E-state index contributed by atoms with van der Waals surface area (Å²) in [4.78, 5) is 11.2. The lowest BCUT2D eigenvalue weighted by atomic mass is 9.84. The molecule has 1 aromatic rings. The molecule has 2 rings (SSSR count). The Morgan fingerprint density at radius 2 is 2.16 bits per heavy atom. The Labute approximate surface area is 113 Å². The fourth-order valence-corrected chi connectivity index (χ4v) is 2.80. The van der Waals surface area contributed by atoms with Gasteiger partial charge in [0.1, 0.15) is 11.7 Å². The highest BCUT2D eigenvalue weighted by Crippen LogP contribution is 2.34. The van der Waals surface area contributed by atoms with Gasteiger partial charge in [-0.1, -0.05) is 19.4 Å². The van der Waals surface area contributed by atoms with Crippen molar-refractivity contribution in [3.05, 3.63) is 23.8 Å². The van der Waals surface area contributed by atoms with Crippen LogP contribution in [0.25, 0.3) is 0 Å². The first-order valence-corrected chi connectivity index (χ1v) is 6.92. The molecule has 0 bridgehead atoms. The number of hydrogen-bond acceptors (Lipinski definition) is 3. The van der Waals surface area contributed by atoms with Gasteiger partial charge in [0.2, 0.25) is 0 Å². The molecule has 0 heterocycles. The molecule has 4 nitrogen and oxygen atoms in total. The lowest BCUT2D eigenvalue weighted by Gasteiger charge is -2.32. The van der Waals surface area contributed by atoms with Gasteiger partial charge in [0.25, 0.3) is 0 Å². The molecule has 0 spiro atoms. The van der Waals surface area contributed by atoms with E-state index in [1.165, 1.54) is 12.5 Å². The first-order valence-electron chi connectivity index (χ1n) is 6.92. The fraction of sp³-hybridized carbons (Fsp3) is 0.533. The Bertz CT molecular complexity index is 459. The van der Waals surface area contributed by atoms with Crippen molar-refractivity contribution < 1.29 is 14.6 Å². The molecular weight excluding hydrogens is 242 g/mol. The van der Waals surface area contributed by atoms with E-state index in [1.807, 2.05) is 0 Å². The number of ether oxygens (including phenoxy) is 1. The van der Waals surface area contributed by atoms with Crippen LogP contribution in [0.5, 0.6) is 5.75 Å². The number of nitrogen functional groups attached to an aromatic ring is 1. The van der Waals surface area contributed by atoms with Crippen molar-refractivity contribution in [3.8, 4) is 5.75 Å². The van der Waals surface area contributed by atoms with Gasteiger partial charge in [-0.3, -0.25) is 0 Å². The second-order valence-electron chi connectivity index (χ2n) is 5.14. The molecule has 2 unspecified atom stereocenters. The molecule has 1 aliphatic carbocycles. The molecule has 1 fully saturated rings. The third-order valence-electron chi connectivity index (χ3n) is 3.91. The Kier molecular flexibility index (Phi) is 4.30. The average molecular weight is 263 g/mol. The van der Waals surface area contributed by atoms with Crippen LogP contribution >= 0.6 is 0 Å². The zero-order valence-corrected chi connectivity index (χ0v) is 11.3. The minimum Gasteiger partial charge on any atom is -0.487 e. The van der Waals surface area contributed by atoms with Crippen LogP contribution in [-0.2, 0) is 0 Å². The number of carboxylic acid groups (broad SMARTS) is 1. The predicted molar refractivity (Wildman–Crippen MR) is 74.5 cm³/mol. The van der Waals surface area contributed by atoms with Crippen molar-refractivity contribution in [2.24, 2.45) is 5.92 Å². The maximum Gasteiger partial charge on any atom is 0.339 e. The molecule has 0 radical (unpaired) electrons. The molecule has 3 N–H and O–H groups in total. The van der Waals surface area contributed by atoms with E-state index < -0.39 is 5.97 Å². The van der Waals surface area contributed by atoms with Crippen LogP contribution in [0.4, 0.5) is 5.69 Å². The first kappa shape index (κ1) is 13.7. The Hall–Kier alpha value is -1.71. The molecule has 0 saturated heterocycles. The maximum absolute atomic E-state index is 11.2. The second kappa shape index (κ2) is 5.95. The highest BCUT2D eigenvalue weighted by molar-refractivity contribution is 5.93. The minimum absolute atomic E-state index is 0.0848. The predicted octanol–water partition coefficient (Wildman–Crippen LogP) is 3.31. The summed E-state index contributed by atoms with van der Waals surface area (Å²) in [5.74, 6) is -0.165. The van der Waals surface area contributed by atoms with E-state index in [0.717, 1.165) is 25.7 Å². The molecule has 1 aromatic carbocycles. The Morgan fingerprint density at radius 1 is 1.42 bits per heavy atom. The summed E-state index contributed by atoms with van der Waals surface area (Å²) in [5.41, 5.74) is 6.43. The second-order valence-corrected chi connectivity index (χ2v) is 5.14. The van der Waals surface area contributed by atoms with Gasteiger partial charge >= 0.3 is 5.97 Å². The average Bonchev–Trinajstić information content (AvgIpc) is 2.41. The number of rotatable bonds is 4. The number of carboxylic acids is 1. The van der Waals surface area contributed by atoms with Gasteiger partial charge in [0.15, 0.2) is 5.75 Å². The van der Waals surface area contributed by atoms with E-state index in [1.54, 1.807) is 12.1 Å². The molecule has 0 aliphatic heterocycles. The Balaban J connectivity index is 2.24. The van der Waals surface area contributed by atoms with Crippen molar-refractivity contribution in [2.45, 2.75) is 45.1 Å².